The summed E-state index contributed by atoms with van der Waals surface area (Å²) in [7, 11) is 1.56. The van der Waals surface area contributed by atoms with Gasteiger partial charge >= 0.3 is 0 Å². The maximum absolute atomic E-state index is 13.0. The lowest BCUT2D eigenvalue weighted by Crippen LogP contribution is -2.12. The number of benzene rings is 3. The van der Waals surface area contributed by atoms with Crippen molar-refractivity contribution in [3.8, 4) is 5.75 Å². The van der Waals surface area contributed by atoms with Crippen LogP contribution in [-0.4, -0.2) is 13.0 Å². The molecule has 0 unspecified atom stereocenters. The highest BCUT2D eigenvalue weighted by atomic mass is 35.5. The zero-order valence-electron chi connectivity index (χ0n) is 15.7. The number of anilines is 1. The van der Waals surface area contributed by atoms with E-state index in [4.69, 9.17) is 25.2 Å². The van der Waals surface area contributed by atoms with Crippen LogP contribution in [0.5, 0.6) is 5.75 Å². The van der Waals surface area contributed by atoms with Crippen molar-refractivity contribution in [2.24, 2.45) is 0 Å². The predicted molar refractivity (Wildman–Crippen MR) is 114 cm³/mol. The standard InChI is InChI=1S/C23H16ClNO4/c1-12-13-7-5-8-16(24)22(13)29-21(12)23(26)25-17-11-19-15(10-20(17)27-2)14-6-3-4-9-18(14)28-19/h3-11H,1-2H3,(H,25,26). The van der Waals surface area contributed by atoms with Crippen LogP contribution in [0.25, 0.3) is 32.9 Å². The molecule has 0 radical (unpaired) electrons. The molecule has 2 heterocycles. The van der Waals surface area contributed by atoms with Gasteiger partial charge in [-0.3, -0.25) is 4.79 Å². The maximum Gasteiger partial charge on any atom is 0.291 e. The number of ether oxygens (including phenoxy) is 1. The number of fused-ring (bicyclic) bond motifs is 4. The molecule has 5 nitrogen and oxygen atoms in total. The van der Waals surface area contributed by atoms with Crippen LogP contribution in [-0.2, 0) is 0 Å². The van der Waals surface area contributed by atoms with Gasteiger partial charge in [0.15, 0.2) is 11.3 Å². The minimum atomic E-state index is -0.386. The molecule has 29 heavy (non-hydrogen) atoms. The first-order valence-electron chi connectivity index (χ1n) is 9.05. The lowest BCUT2D eigenvalue weighted by Gasteiger charge is -2.09. The van der Waals surface area contributed by atoms with Gasteiger partial charge in [-0.05, 0) is 25.1 Å². The fourth-order valence-corrected chi connectivity index (χ4v) is 3.84. The molecule has 2 aromatic heterocycles. The Morgan fingerprint density at radius 2 is 1.76 bits per heavy atom. The number of rotatable bonds is 3. The van der Waals surface area contributed by atoms with Crippen molar-refractivity contribution in [3.05, 3.63) is 70.9 Å². The molecule has 0 fully saturated rings. The number of para-hydroxylation sites is 2. The van der Waals surface area contributed by atoms with Crippen molar-refractivity contribution in [1.29, 1.82) is 0 Å². The summed E-state index contributed by atoms with van der Waals surface area (Å²) in [5.41, 5.74) is 3.15. The van der Waals surface area contributed by atoms with Crippen LogP contribution in [0.4, 0.5) is 5.69 Å². The minimum absolute atomic E-state index is 0.208. The summed E-state index contributed by atoms with van der Waals surface area (Å²) in [5.74, 6) is 0.354. The first kappa shape index (κ1) is 17.6. The van der Waals surface area contributed by atoms with Gasteiger partial charge in [0, 0.05) is 27.8 Å². The molecular weight excluding hydrogens is 390 g/mol. The lowest BCUT2D eigenvalue weighted by atomic mass is 10.1. The van der Waals surface area contributed by atoms with Crippen LogP contribution in [0.1, 0.15) is 16.1 Å². The van der Waals surface area contributed by atoms with Crippen molar-refractivity contribution in [2.45, 2.75) is 6.92 Å². The third kappa shape index (κ3) is 2.74. The van der Waals surface area contributed by atoms with Gasteiger partial charge in [-0.25, -0.2) is 0 Å². The molecule has 5 aromatic rings. The second-order valence-electron chi connectivity index (χ2n) is 6.77. The van der Waals surface area contributed by atoms with Gasteiger partial charge in [0.1, 0.15) is 16.9 Å². The Morgan fingerprint density at radius 3 is 2.55 bits per heavy atom. The smallest absolute Gasteiger partial charge is 0.291 e. The van der Waals surface area contributed by atoms with E-state index in [0.717, 1.165) is 27.3 Å². The average molecular weight is 406 g/mol. The van der Waals surface area contributed by atoms with E-state index in [-0.39, 0.29) is 11.7 Å². The van der Waals surface area contributed by atoms with Crippen molar-refractivity contribution >= 4 is 56.1 Å². The minimum Gasteiger partial charge on any atom is -0.495 e. The Bertz CT molecular complexity index is 1410. The van der Waals surface area contributed by atoms with E-state index in [1.807, 2.05) is 49.4 Å². The highest BCUT2D eigenvalue weighted by molar-refractivity contribution is 6.35. The van der Waals surface area contributed by atoms with Crippen LogP contribution in [0, 0.1) is 6.92 Å². The molecule has 3 aromatic carbocycles. The molecule has 0 atom stereocenters. The summed E-state index contributed by atoms with van der Waals surface area (Å²) < 4.78 is 17.2. The van der Waals surface area contributed by atoms with Gasteiger partial charge < -0.3 is 18.9 Å². The van der Waals surface area contributed by atoms with Crippen molar-refractivity contribution in [3.63, 3.8) is 0 Å². The van der Waals surface area contributed by atoms with Crippen molar-refractivity contribution < 1.29 is 18.4 Å². The van der Waals surface area contributed by atoms with Crippen LogP contribution in [0.2, 0.25) is 5.02 Å². The van der Waals surface area contributed by atoms with E-state index in [0.29, 0.717) is 27.6 Å². The quantitative estimate of drug-likeness (QED) is 0.369. The molecule has 5 rings (SSSR count). The summed E-state index contributed by atoms with van der Waals surface area (Å²) in [6, 6.07) is 16.8. The molecule has 0 aliphatic rings. The maximum atomic E-state index is 13.0. The van der Waals surface area contributed by atoms with Crippen molar-refractivity contribution in [1.82, 2.24) is 0 Å². The van der Waals surface area contributed by atoms with Gasteiger partial charge in [0.2, 0.25) is 0 Å². The van der Waals surface area contributed by atoms with E-state index in [9.17, 15) is 4.79 Å². The zero-order chi connectivity index (χ0) is 20.1. The van der Waals surface area contributed by atoms with Crippen LogP contribution >= 0.6 is 11.6 Å². The van der Waals surface area contributed by atoms with Gasteiger partial charge in [-0.15, -0.1) is 0 Å². The number of furan rings is 2. The number of hydrogen-bond acceptors (Lipinski definition) is 4. The molecule has 1 N–H and O–H groups in total. The molecule has 6 heteroatoms. The highest BCUT2D eigenvalue weighted by Gasteiger charge is 2.21. The van der Waals surface area contributed by atoms with E-state index in [2.05, 4.69) is 5.32 Å². The molecule has 0 aliphatic carbocycles. The van der Waals surface area contributed by atoms with Gasteiger partial charge in [-0.1, -0.05) is 41.9 Å². The number of hydrogen-bond donors (Lipinski definition) is 1. The number of nitrogens with one attached hydrogen (secondary N) is 1. The topological polar surface area (TPSA) is 64.6 Å². The number of carbonyl (C=O) groups excluding carboxylic acids is 1. The van der Waals surface area contributed by atoms with Crippen LogP contribution < -0.4 is 10.1 Å². The normalized spacial score (nSPS) is 11.4. The summed E-state index contributed by atoms with van der Waals surface area (Å²) in [4.78, 5) is 13.0. The molecule has 0 bridgehead atoms. The molecule has 0 saturated heterocycles. The SMILES string of the molecule is COc1cc2c(cc1NC(=O)c1oc3c(Cl)cccc3c1C)oc1ccccc12. The molecule has 0 aliphatic heterocycles. The number of amides is 1. The van der Waals surface area contributed by atoms with Crippen LogP contribution in [0.3, 0.4) is 0 Å². The second kappa shape index (κ2) is 6.57. The molecule has 0 spiro atoms. The molecular formula is C23H16ClNO4. The number of carbonyl (C=O) groups is 1. The van der Waals surface area contributed by atoms with Gasteiger partial charge in [-0.2, -0.15) is 0 Å². The van der Waals surface area contributed by atoms with E-state index < -0.39 is 0 Å². The third-order valence-corrected chi connectivity index (χ3v) is 5.37. The Labute approximate surface area is 170 Å². The Morgan fingerprint density at radius 1 is 0.966 bits per heavy atom. The monoisotopic (exact) mass is 405 g/mol. The average Bonchev–Trinajstić information content (AvgIpc) is 3.26. The Hall–Kier alpha value is -3.44. The number of aryl methyl sites for hydroxylation is 1. The summed E-state index contributed by atoms with van der Waals surface area (Å²) in [6.45, 7) is 1.83. The Balaban J connectivity index is 1.59. The predicted octanol–water partition coefficient (Wildman–Crippen LogP) is 6.55. The second-order valence-corrected chi connectivity index (χ2v) is 7.18. The van der Waals surface area contributed by atoms with Crippen LogP contribution in [0.15, 0.2) is 63.4 Å². The fraction of sp³-hybridized carbons (Fsp3) is 0.0870. The largest absolute Gasteiger partial charge is 0.495 e. The Kier molecular flexibility index (Phi) is 4.00. The highest BCUT2D eigenvalue weighted by Crippen LogP contribution is 2.37. The van der Waals surface area contributed by atoms with E-state index in [1.54, 1.807) is 19.2 Å². The lowest BCUT2D eigenvalue weighted by molar-refractivity contribution is 0.0997. The van der Waals surface area contributed by atoms with Gasteiger partial charge in [0.05, 0.1) is 17.8 Å². The first-order chi connectivity index (χ1) is 14.1. The first-order valence-corrected chi connectivity index (χ1v) is 9.43. The number of methoxy groups -OCH3 is 1. The summed E-state index contributed by atoms with van der Waals surface area (Å²) in [6.07, 6.45) is 0. The summed E-state index contributed by atoms with van der Waals surface area (Å²) >= 11 is 6.20. The molecule has 144 valence electrons. The molecule has 0 saturated carbocycles. The summed E-state index contributed by atoms with van der Waals surface area (Å²) in [5, 5.41) is 6.05. The van der Waals surface area contributed by atoms with Gasteiger partial charge in [0.25, 0.3) is 5.91 Å². The number of halogens is 1. The third-order valence-electron chi connectivity index (χ3n) is 5.07. The fourth-order valence-electron chi connectivity index (χ4n) is 3.62. The zero-order valence-corrected chi connectivity index (χ0v) is 16.5. The van der Waals surface area contributed by atoms with E-state index in [1.165, 1.54) is 0 Å². The molecule has 1 amide bonds. The van der Waals surface area contributed by atoms with E-state index >= 15 is 0 Å². The van der Waals surface area contributed by atoms with Crippen molar-refractivity contribution in [2.75, 3.05) is 12.4 Å².